The van der Waals surface area contributed by atoms with Crippen molar-refractivity contribution in [3.8, 4) is 0 Å². The maximum Gasteiger partial charge on any atom is 0.142 e. The number of anilines is 1. The van der Waals surface area contributed by atoms with Gasteiger partial charge in [0, 0.05) is 9.77 Å². The minimum atomic E-state index is 0.830. The van der Waals surface area contributed by atoms with E-state index in [0.717, 1.165) is 24.7 Å². The average Bonchev–Trinajstić information content (AvgIpc) is 3.17. The molecule has 30 heavy (non-hydrogen) atoms. The van der Waals surface area contributed by atoms with Gasteiger partial charge in [0.05, 0.1) is 43.9 Å². The summed E-state index contributed by atoms with van der Waals surface area (Å²) in [5.74, 6) is 3.03. The third-order valence-electron chi connectivity index (χ3n) is 6.33. The van der Waals surface area contributed by atoms with Crippen LogP contribution in [0.1, 0.15) is 42.5 Å². The van der Waals surface area contributed by atoms with Crippen molar-refractivity contribution in [1.29, 1.82) is 0 Å². The SMILES string of the molecule is CCC[NH+]1CCN(c2nc(CSc3ccccc3)nc3sc4c(c23)CCCC4)CC1. The molecule has 0 radical (unpaired) electrons. The van der Waals surface area contributed by atoms with E-state index < -0.39 is 0 Å². The lowest BCUT2D eigenvalue weighted by molar-refractivity contribution is -0.900. The van der Waals surface area contributed by atoms with Crippen LogP contribution in [0.2, 0.25) is 0 Å². The fourth-order valence-electron chi connectivity index (χ4n) is 4.78. The van der Waals surface area contributed by atoms with E-state index in [2.05, 4.69) is 42.2 Å². The maximum absolute atomic E-state index is 5.18. The summed E-state index contributed by atoms with van der Waals surface area (Å²) in [6, 6.07) is 10.6. The van der Waals surface area contributed by atoms with E-state index in [-0.39, 0.29) is 0 Å². The van der Waals surface area contributed by atoms with Crippen molar-refractivity contribution in [1.82, 2.24) is 9.97 Å². The first kappa shape index (κ1) is 20.3. The number of hydrogen-bond acceptors (Lipinski definition) is 5. The lowest BCUT2D eigenvalue weighted by Crippen LogP contribution is -3.14. The Balaban J connectivity index is 1.47. The van der Waals surface area contributed by atoms with E-state index in [1.165, 1.54) is 72.7 Å². The molecule has 3 heterocycles. The van der Waals surface area contributed by atoms with Gasteiger partial charge in [0.2, 0.25) is 0 Å². The maximum atomic E-state index is 5.18. The molecule has 0 saturated carbocycles. The first-order valence-electron chi connectivity index (χ1n) is 11.4. The number of piperazine rings is 1. The Morgan fingerprint density at radius 1 is 1.07 bits per heavy atom. The molecule has 1 saturated heterocycles. The molecular formula is C24H31N4S2+. The van der Waals surface area contributed by atoms with E-state index >= 15 is 0 Å². The number of aryl methyl sites for hydroxylation is 2. The minimum Gasteiger partial charge on any atom is -0.345 e. The van der Waals surface area contributed by atoms with Crippen molar-refractivity contribution < 1.29 is 4.90 Å². The van der Waals surface area contributed by atoms with Crippen LogP contribution in [0.4, 0.5) is 5.82 Å². The molecule has 1 fully saturated rings. The zero-order chi connectivity index (χ0) is 20.3. The second kappa shape index (κ2) is 9.25. The third kappa shape index (κ3) is 4.23. The number of nitrogens with zero attached hydrogens (tertiary/aromatic N) is 3. The molecule has 0 unspecified atom stereocenters. The predicted octanol–water partition coefficient (Wildman–Crippen LogP) is 3.98. The Labute approximate surface area is 187 Å². The highest BCUT2D eigenvalue weighted by molar-refractivity contribution is 7.98. The normalized spacial score (nSPS) is 17.4. The van der Waals surface area contributed by atoms with Gasteiger partial charge in [-0.15, -0.1) is 23.1 Å². The van der Waals surface area contributed by atoms with Crippen molar-refractivity contribution in [2.75, 3.05) is 37.6 Å². The van der Waals surface area contributed by atoms with Gasteiger partial charge in [0.1, 0.15) is 16.5 Å². The number of thioether (sulfide) groups is 1. The average molecular weight is 440 g/mol. The lowest BCUT2D eigenvalue weighted by Gasteiger charge is -2.33. The predicted molar refractivity (Wildman–Crippen MR) is 128 cm³/mol. The van der Waals surface area contributed by atoms with Crippen molar-refractivity contribution in [3.63, 3.8) is 0 Å². The van der Waals surface area contributed by atoms with Crippen LogP contribution in [-0.2, 0) is 18.6 Å². The zero-order valence-corrected chi connectivity index (χ0v) is 19.5. The molecule has 1 aromatic carbocycles. The Morgan fingerprint density at radius 3 is 2.67 bits per heavy atom. The summed E-state index contributed by atoms with van der Waals surface area (Å²) in [5, 5.41) is 1.38. The van der Waals surface area contributed by atoms with Crippen LogP contribution in [-0.4, -0.2) is 42.7 Å². The van der Waals surface area contributed by atoms with Crippen LogP contribution in [0.5, 0.6) is 0 Å². The molecule has 0 atom stereocenters. The van der Waals surface area contributed by atoms with Crippen LogP contribution in [0.15, 0.2) is 35.2 Å². The number of nitrogens with one attached hydrogen (secondary N) is 1. The fourth-order valence-corrected chi connectivity index (χ4v) is 6.83. The molecule has 2 aliphatic rings. The lowest BCUT2D eigenvalue weighted by atomic mass is 9.97. The van der Waals surface area contributed by atoms with Gasteiger partial charge in [-0.2, -0.15) is 0 Å². The van der Waals surface area contributed by atoms with Gasteiger partial charge in [-0.25, -0.2) is 9.97 Å². The van der Waals surface area contributed by atoms with Gasteiger partial charge in [0.25, 0.3) is 0 Å². The monoisotopic (exact) mass is 439 g/mol. The zero-order valence-electron chi connectivity index (χ0n) is 17.8. The van der Waals surface area contributed by atoms with Crippen LogP contribution >= 0.6 is 23.1 Å². The molecule has 158 valence electrons. The summed E-state index contributed by atoms with van der Waals surface area (Å²) < 4.78 is 0. The number of aromatic nitrogens is 2. The van der Waals surface area contributed by atoms with Crippen LogP contribution < -0.4 is 9.80 Å². The van der Waals surface area contributed by atoms with Crippen molar-refractivity contribution in [2.45, 2.75) is 49.7 Å². The molecule has 5 rings (SSSR count). The van der Waals surface area contributed by atoms with E-state index in [4.69, 9.17) is 9.97 Å². The number of hydrogen-bond donors (Lipinski definition) is 1. The Bertz CT molecular complexity index is 993. The highest BCUT2D eigenvalue weighted by Gasteiger charge is 2.27. The Morgan fingerprint density at radius 2 is 1.87 bits per heavy atom. The summed E-state index contributed by atoms with van der Waals surface area (Å²) in [5.41, 5.74) is 1.56. The first-order chi connectivity index (χ1) is 14.8. The van der Waals surface area contributed by atoms with Gasteiger partial charge >= 0.3 is 0 Å². The van der Waals surface area contributed by atoms with Gasteiger partial charge in [0.15, 0.2) is 0 Å². The Hall–Kier alpha value is -1.63. The second-order valence-corrected chi connectivity index (χ2v) is 10.6. The number of rotatable bonds is 6. The van der Waals surface area contributed by atoms with E-state index in [1.807, 2.05) is 23.1 Å². The number of quaternary nitrogens is 1. The van der Waals surface area contributed by atoms with E-state index in [1.54, 1.807) is 15.3 Å². The molecule has 2 aromatic heterocycles. The summed E-state index contributed by atoms with van der Waals surface area (Å²) >= 11 is 3.77. The molecule has 1 N–H and O–H groups in total. The van der Waals surface area contributed by atoms with Crippen LogP contribution in [0, 0.1) is 0 Å². The topological polar surface area (TPSA) is 33.5 Å². The molecule has 3 aromatic rings. The van der Waals surface area contributed by atoms with Gasteiger partial charge in [-0.3, -0.25) is 0 Å². The van der Waals surface area contributed by atoms with Crippen LogP contribution in [0.25, 0.3) is 10.2 Å². The molecule has 0 bridgehead atoms. The van der Waals surface area contributed by atoms with Crippen molar-refractivity contribution >= 4 is 39.1 Å². The highest BCUT2D eigenvalue weighted by Crippen LogP contribution is 2.40. The smallest absolute Gasteiger partial charge is 0.142 e. The van der Waals surface area contributed by atoms with Gasteiger partial charge in [-0.1, -0.05) is 25.1 Å². The summed E-state index contributed by atoms with van der Waals surface area (Å²) in [7, 11) is 0. The largest absolute Gasteiger partial charge is 0.345 e. The van der Waals surface area contributed by atoms with Crippen LogP contribution in [0.3, 0.4) is 0 Å². The minimum absolute atomic E-state index is 0.830. The second-order valence-electron chi connectivity index (χ2n) is 8.44. The quantitative estimate of drug-likeness (QED) is 0.589. The van der Waals surface area contributed by atoms with Crippen molar-refractivity contribution in [3.05, 3.63) is 46.6 Å². The standard InChI is InChI=1S/C24H30N4S2/c1-2-12-27-13-15-28(16-14-27)23-22-19-10-6-7-11-20(19)30-24(22)26-21(25-23)17-29-18-8-4-3-5-9-18/h3-5,8-9H,2,6-7,10-17H2,1H3/p+1. The summed E-state index contributed by atoms with van der Waals surface area (Å²) in [6.07, 6.45) is 6.31. The van der Waals surface area contributed by atoms with Gasteiger partial charge < -0.3 is 9.80 Å². The molecule has 1 aliphatic heterocycles. The molecular weight excluding hydrogens is 408 g/mol. The number of thiophene rings is 1. The number of fused-ring (bicyclic) bond motifs is 3. The molecule has 6 heteroatoms. The van der Waals surface area contributed by atoms with Gasteiger partial charge in [-0.05, 0) is 49.8 Å². The molecule has 1 aliphatic carbocycles. The Kier molecular flexibility index (Phi) is 6.25. The fraction of sp³-hybridized carbons (Fsp3) is 0.500. The third-order valence-corrected chi connectivity index (χ3v) is 8.52. The molecule has 4 nitrogen and oxygen atoms in total. The molecule has 0 spiro atoms. The summed E-state index contributed by atoms with van der Waals surface area (Å²) in [4.78, 5) is 18.6. The number of benzene rings is 1. The van der Waals surface area contributed by atoms with Crippen molar-refractivity contribution in [2.24, 2.45) is 0 Å². The highest BCUT2D eigenvalue weighted by atomic mass is 32.2. The van der Waals surface area contributed by atoms with E-state index in [9.17, 15) is 0 Å². The molecule has 0 amide bonds. The van der Waals surface area contributed by atoms with E-state index in [0.29, 0.717) is 0 Å². The first-order valence-corrected chi connectivity index (χ1v) is 13.2. The summed E-state index contributed by atoms with van der Waals surface area (Å²) in [6.45, 7) is 8.25.